The second-order valence-corrected chi connectivity index (χ2v) is 3.59. The Morgan fingerprint density at radius 3 is 1.42 bits per heavy atom. The van der Waals surface area contributed by atoms with Gasteiger partial charge in [-0.1, -0.05) is 37.1 Å². The summed E-state index contributed by atoms with van der Waals surface area (Å²) in [6.45, 7) is 3.81. The Kier molecular flexibility index (Phi) is 8.25. The second-order valence-electron chi connectivity index (χ2n) is 3.59. The molecule has 0 aliphatic heterocycles. The van der Waals surface area contributed by atoms with E-state index in [9.17, 15) is 0 Å². The van der Waals surface area contributed by atoms with Crippen molar-refractivity contribution >= 4 is 0 Å². The standard InChI is InChI=1S/2C8H6N.Au/c2*1-3-8-7(2)5-4-6-9-8;/h2*4-6H,2H3;/q2*-1;. The first-order valence-electron chi connectivity index (χ1n) is 5.37. The quantitative estimate of drug-likeness (QED) is 0.366. The molecule has 2 nitrogen and oxygen atoms in total. The van der Waals surface area contributed by atoms with Gasteiger partial charge in [0.25, 0.3) is 0 Å². The first-order chi connectivity index (χ1) is 8.69. The van der Waals surface area contributed by atoms with E-state index in [-0.39, 0.29) is 22.4 Å². The summed E-state index contributed by atoms with van der Waals surface area (Å²) in [4.78, 5) is 7.80. The first-order valence-corrected chi connectivity index (χ1v) is 5.37. The molecule has 0 unspecified atom stereocenters. The van der Waals surface area contributed by atoms with Crippen LogP contribution >= 0.6 is 0 Å². The van der Waals surface area contributed by atoms with Crippen molar-refractivity contribution < 1.29 is 22.4 Å². The Labute approximate surface area is 130 Å². The van der Waals surface area contributed by atoms with Crippen LogP contribution in [-0.2, 0) is 22.4 Å². The van der Waals surface area contributed by atoms with Gasteiger partial charge >= 0.3 is 0 Å². The van der Waals surface area contributed by atoms with Gasteiger partial charge in [0.2, 0.25) is 0 Å². The van der Waals surface area contributed by atoms with Crippen molar-refractivity contribution in [2.75, 3.05) is 0 Å². The fourth-order valence-corrected chi connectivity index (χ4v) is 1.23. The van der Waals surface area contributed by atoms with E-state index in [2.05, 4.69) is 21.8 Å². The Hall–Kier alpha value is -1.84. The fourth-order valence-electron chi connectivity index (χ4n) is 1.23. The van der Waals surface area contributed by atoms with Crippen molar-refractivity contribution in [3.05, 3.63) is 72.0 Å². The molecule has 2 rings (SSSR count). The van der Waals surface area contributed by atoms with Crippen LogP contribution < -0.4 is 0 Å². The number of hydrogen-bond donors (Lipinski definition) is 0. The summed E-state index contributed by atoms with van der Waals surface area (Å²) in [5.74, 6) is 4.47. The van der Waals surface area contributed by atoms with Crippen LogP contribution in [0.4, 0.5) is 0 Å². The van der Waals surface area contributed by atoms with Crippen molar-refractivity contribution in [3.8, 4) is 11.8 Å². The topological polar surface area (TPSA) is 25.8 Å². The second kappa shape index (κ2) is 9.14. The molecule has 2 aromatic rings. The minimum atomic E-state index is 0. The van der Waals surface area contributed by atoms with Crippen LogP contribution in [-0.4, -0.2) is 9.97 Å². The maximum absolute atomic E-state index is 6.77. The average Bonchev–Trinajstić information content (AvgIpc) is 2.41. The van der Waals surface area contributed by atoms with E-state index in [0.717, 1.165) is 11.1 Å². The van der Waals surface area contributed by atoms with Crippen LogP contribution in [0.15, 0.2) is 36.7 Å². The molecule has 0 aromatic carbocycles. The van der Waals surface area contributed by atoms with Crippen molar-refractivity contribution in [1.29, 1.82) is 0 Å². The van der Waals surface area contributed by atoms with E-state index in [1.165, 1.54) is 0 Å². The predicted molar refractivity (Wildman–Crippen MR) is 70.4 cm³/mol. The van der Waals surface area contributed by atoms with Gasteiger partial charge in [0.05, 0.1) is 0 Å². The van der Waals surface area contributed by atoms with Gasteiger partial charge in [-0.25, -0.2) is 0 Å². The number of rotatable bonds is 0. The van der Waals surface area contributed by atoms with Crippen molar-refractivity contribution in [2.45, 2.75) is 13.8 Å². The summed E-state index contributed by atoms with van der Waals surface area (Å²) in [6.07, 6.45) is 16.9. The Morgan fingerprint density at radius 2 is 1.21 bits per heavy atom. The summed E-state index contributed by atoms with van der Waals surface area (Å²) < 4.78 is 0. The van der Waals surface area contributed by atoms with Gasteiger partial charge in [-0.2, -0.15) is 0 Å². The molecule has 0 saturated heterocycles. The van der Waals surface area contributed by atoms with Gasteiger partial charge in [-0.3, -0.25) is 11.8 Å². The molecule has 0 spiro atoms. The van der Waals surface area contributed by atoms with Crippen LogP contribution in [0.2, 0.25) is 0 Å². The molecule has 3 heteroatoms. The van der Waals surface area contributed by atoms with E-state index < -0.39 is 0 Å². The monoisotopic (exact) mass is 429 g/mol. The number of aryl methyl sites for hydroxylation is 2. The molecule has 0 aliphatic carbocycles. The van der Waals surface area contributed by atoms with Gasteiger partial charge in [-0.05, 0) is 23.5 Å². The fraction of sp³-hybridized carbons (Fsp3) is 0.125. The molecule has 2 heterocycles. The molecule has 0 bridgehead atoms. The van der Waals surface area contributed by atoms with Crippen LogP contribution in [0.5, 0.6) is 0 Å². The predicted octanol–water partition coefficient (Wildman–Crippen LogP) is 2.65. The van der Waals surface area contributed by atoms with Crippen molar-refractivity contribution in [2.24, 2.45) is 0 Å². The molecular weight excluding hydrogens is 417 g/mol. The summed E-state index contributed by atoms with van der Waals surface area (Å²) in [5.41, 5.74) is 3.23. The van der Waals surface area contributed by atoms with Gasteiger partial charge in [-0.15, -0.1) is 0 Å². The summed E-state index contributed by atoms with van der Waals surface area (Å²) in [7, 11) is 0. The third-order valence-electron chi connectivity index (χ3n) is 2.26. The largest absolute Gasteiger partial charge is 0.364 e. The van der Waals surface area contributed by atoms with Crippen molar-refractivity contribution in [3.63, 3.8) is 0 Å². The van der Waals surface area contributed by atoms with E-state index >= 15 is 0 Å². The summed E-state index contributed by atoms with van der Waals surface area (Å²) in [6, 6.07) is 7.50. The van der Waals surface area contributed by atoms with E-state index in [4.69, 9.17) is 12.8 Å². The zero-order valence-electron chi connectivity index (χ0n) is 10.7. The number of pyridine rings is 2. The molecule has 0 saturated carbocycles. The SMILES string of the molecule is [Au].[C-]#Cc1ncccc1C.[C-]#Cc1ncccc1C. The Morgan fingerprint density at radius 1 is 0.842 bits per heavy atom. The smallest absolute Gasteiger partial charge is 0.00610 e. The molecule has 99 valence electrons. The van der Waals surface area contributed by atoms with Gasteiger partial charge < -0.3 is 22.8 Å². The minimum absolute atomic E-state index is 0. The molecule has 0 N–H and O–H groups in total. The third-order valence-corrected chi connectivity index (χ3v) is 2.26. The molecule has 0 amide bonds. The molecule has 1 radical (unpaired) electrons. The van der Waals surface area contributed by atoms with E-state index in [1.807, 2.05) is 38.1 Å². The van der Waals surface area contributed by atoms with Crippen molar-refractivity contribution in [1.82, 2.24) is 9.97 Å². The summed E-state index contributed by atoms with van der Waals surface area (Å²) in [5, 5.41) is 0. The minimum Gasteiger partial charge on any atom is -0.364 e. The first kappa shape index (κ1) is 17.2. The zero-order chi connectivity index (χ0) is 13.4. The van der Waals surface area contributed by atoms with E-state index in [1.54, 1.807) is 12.4 Å². The zero-order valence-corrected chi connectivity index (χ0v) is 12.8. The molecule has 19 heavy (non-hydrogen) atoms. The summed E-state index contributed by atoms with van der Waals surface area (Å²) >= 11 is 0. The molecule has 0 fully saturated rings. The van der Waals surface area contributed by atoms with E-state index in [0.29, 0.717) is 11.4 Å². The maximum atomic E-state index is 6.77. The molecular formula is C16H12AuN2-2. The number of aromatic nitrogens is 2. The number of hydrogen-bond acceptors (Lipinski definition) is 2. The van der Waals surface area contributed by atoms with Crippen LogP contribution in [0, 0.1) is 38.5 Å². The third kappa shape index (κ3) is 5.55. The van der Waals surface area contributed by atoms with Crippen LogP contribution in [0.3, 0.4) is 0 Å². The molecule has 0 aliphatic rings. The molecule has 0 atom stereocenters. The maximum Gasteiger partial charge on any atom is 0.00610 e. The van der Waals surface area contributed by atoms with Gasteiger partial charge in [0.1, 0.15) is 0 Å². The van der Waals surface area contributed by atoms with Crippen LogP contribution in [0.25, 0.3) is 0 Å². The normalized spacial score (nSPS) is 8.00. The average molecular weight is 429 g/mol. The van der Waals surface area contributed by atoms with Gasteiger partial charge in [0, 0.05) is 34.8 Å². The Balaban J connectivity index is 0.000000324. The Bertz CT molecular complexity index is 551. The number of nitrogens with zero attached hydrogens (tertiary/aromatic N) is 2. The molecule has 2 aromatic heterocycles. The van der Waals surface area contributed by atoms with Gasteiger partial charge in [0.15, 0.2) is 0 Å². The van der Waals surface area contributed by atoms with Crippen LogP contribution in [0.1, 0.15) is 22.5 Å².